The van der Waals surface area contributed by atoms with E-state index in [1.54, 1.807) is 48.5 Å². The first kappa shape index (κ1) is 13.3. The number of benzene rings is 2. The number of aliphatic hydroxyl groups excluding tert-OH is 1. The van der Waals surface area contributed by atoms with Crippen molar-refractivity contribution in [3.05, 3.63) is 71.8 Å². The van der Waals surface area contributed by atoms with Crippen LogP contribution >= 0.6 is 0 Å². The topological polar surface area (TPSA) is 69.6 Å². The van der Waals surface area contributed by atoms with E-state index >= 15 is 0 Å². The van der Waals surface area contributed by atoms with Gasteiger partial charge in [0.1, 0.15) is 6.04 Å². The number of nitrogens with one attached hydrogen (secondary N) is 1. The SMILES string of the molecule is O=C(NC(c1ccccc1)C(O)O)c1ccccc1. The first-order valence-electron chi connectivity index (χ1n) is 5.95. The highest BCUT2D eigenvalue weighted by molar-refractivity contribution is 5.94. The van der Waals surface area contributed by atoms with E-state index in [0.29, 0.717) is 11.1 Å². The molecule has 3 N–H and O–H groups in total. The predicted molar refractivity (Wildman–Crippen MR) is 71.3 cm³/mol. The number of carbonyl (C=O) groups excluding carboxylic acids is 1. The van der Waals surface area contributed by atoms with Gasteiger partial charge in [-0.2, -0.15) is 0 Å². The zero-order valence-corrected chi connectivity index (χ0v) is 10.2. The Bertz CT molecular complexity index is 526. The van der Waals surface area contributed by atoms with Crippen molar-refractivity contribution < 1.29 is 15.0 Å². The Kier molecular flexibility index (Phi) is 4.28. The summed E-state index contributed by atoms with van der Waals surface area (Å²) in [6, 6.07) is 16.6. The van der Waals surface area contributed by atoms with Crippen LogP contribution in [0.3, 0.4) is 0 Å². The van der Waals surface area contributed by atoms with Crippen molar-refractivity contribution >= 4 is 5.91 Å². The summed E-state index contributed by atoms with van der Waals surface area (Å²) in [6.45, 7) is 0. The maximum Gasteiger partial charge on any atom is 0.251 e. The molecule has 0 aliphatic carbocycles. The van der Waals surface area contributed by atoms with E-state index in [-0.39, 0.29) is 5.91 Å². The van der Waals surface area contributed by atoms with E-state index in [9.17, 15) is 15.0 Å². The summed E-state index contributed by atoms with van der Waals surface area (Å²) in [5, 5.41) is 21.4. The third-order valence-electron chi connectivity index (χ3n) is 2.78. The van der Waals surface area contributed by atoms with Crippen LogP contribution in [0.25, 0.3) is 0 Å². The predicted octanol–water partition coefficient (Wildman–Crippen LogP) is 1.47. The van der Waals surface area contributed by atoms with E-state index in [4.69, 9.17) is 0 Å². The molecular formula is C15H15NO3. The van der Waals surface area contributed by atoms with E-state index in [1.165, 1.54) is 0 Å². The molecule has 0 saturated heterocycles. The first-order valence-corrected chi connectivity index (χ1v) is 5.95. The highest BCUT2D eigenvalue weighted by Crippen LogP contribution is 2.16. The van der Waals surface area contributed by atoms with Gasteiger partial charge in [-0.3, -0.25) is 4.79 Å². The fourth-order valence-electron chi connectivity index (χ4n) is 1.80. The third kappa shape index (κ3) is 3.40. The van der Waals surface area contributed by atoms with Crippen molar-refractivity contribution in [2.75, 3.05) is 0 Å². The highest BCUT2D eigenvalue weighted by atomic mass is 16.5. The summed E-state index contributed by atoms with van der Waals surface area (Å²) >= 11 is 0. The Morgan fingerprint density at radius 3 is 1.95 bits per heavy atom. The molecule has 1 unspecified atom stereocenters. The highest BCUT2D eigenvalue weighted by Gasteiger charge is 2.21. The summed E-state index contributed by atoms with van der Waals surface area (Å²) in [5.41, 5.74) is 1.12. The van der Waals surface area contributed by atoms with Crippen molar-refractivity contribution in [3.8, 4) is 0 Å². The Morgan fingerprint density at radius 1 is 0.895 bits per heavy atom. The van der Waals surface area contributed by atoms with Crippen LogP contribution in [-0.4, -0.2) is 22.4 Å². The lowest BCUT2D eigenvalue weighted by atomic mass is 10.1. The fraction of sp³-hybridized carbons (Fsp3) is 0.133. The van der Waals surface area contributed by atoms with Gasteiger partial charge in [0.05, 0.1) is 0 Å². The smallest absolute Gasteiger partial charge is 0.251 e. The molecule has 1 atom stereocenters. The second-order valence-electron chi connectivity index (χ2n) is 4.14. The molecule has 19 heavy (non-hydrogen) atoms. The molecule has 0 aromatic heterocycles. The standard InChI is InChI=1S/C15H15NO3/c17-14(12-9-5-2-6-10-12)16-13(15(18)19)11-7-3-1-4-8-11/h1-10,13,15,18-19H,(H,16,17). The average molecular weight is 257 g/mol. The maximum absolute atomic E-state index is 12.0. The van der Waals surface area contributed by atoms with E-state index in [0.717, 1.165) is 0 Å². The van der Waals surface area contributed by atoms with E-state index < -0.39 is 12.3 Å². The Balaban J connectivity index is 2.17. The van der Waals surface area contributed by atoms with E-state index in [1.807, 2.05) is 12.1 Å². The molecule has 0 saturated carbocycles. The number of aliphatic hydroxyl groups is 2. The number of hydrogen-bond donors (Lipinski definition) is 3. The minimum absolute atomic E-state index is 0.345. The minimum Gasteiger partial charge on any atom is -0.366 e. The quantitative estimate of drug-likeness (QED) is 0.726. The molecule has 0 aliphatic heterocycles. The van der Waals surface area contributed by atoms with Gasteiger partial charge >= 0.3 is 0 Å². The second-order valence-corrected chi connectivity index (χ2v) is 4.14. The van der Waals surface area contributed by atoms with Gasteiger partial charge in [-0.1, -0.05) is 48.5 Å². The summed E-state index contributed by atoms with van der Waals surface area (Å²) in [6.07, 6.45) is -1.66. The number of carbonyl (C=O) groups is 1. The van der Waals surface area contributed by atoms with Crippen LogP contribution in [0.2, 0.25) is 0 Å². The van der Waals surface area contributed by atoms with Crippen LogP contribution in [0.5, 0.6) is 0 Å². The normalized spacial score (nSPS) is 12.2. The van der Waals surface area contributed by atoms with Crippen molar-refractivity contribution in [1.82, 2.24) is 5.32 Å². The van der Waals surface area contributed by atoms with Gasteiger partial charge in [-0.25, -0.2) is 0 Å². The lowest BCUT2D eigenvalue weighted by Gasteiger charge is -2.20. The second kappa shape index (κ2) is 6.13. The van der Waals surface area contributed by atoms with Crippen LogP contribution in [0.4, 0.5) is 0 Å². The van der Waals surface area contributed by atoms with Gasteiger partial charge in [0.15, 0.2) is 6.29 Å². The zero-order valence-electron chi connectivity index (χ0n) is 10.2. The van der Waals surface area contributed by atoms with Crippen molar-refractivity contribution in [2.45, 2.75) is 12.3 Å². The molecule has 98 valence electrons. The molecular weight excluding hydrogens is 242 g/mol. The lowest BCUT2D eigenvalue weighted by Crippen LogP contribution is -2.36. The van der Waals surface area contributed by atoms with Crippen LogP contribution in [0, 0.1) is 0 Å². The van der Waals surface area contributed by atoms with Crippen LogP contribution < -0.4 is 5.32 Å². The number of rotatable bonds is 4. The van der Waals surface area contributed by atoms with Gasteiger partial charge in [-0.05, 0) is 17.7 Å². The van der Waals surface area contributed by atoms with Crippen LogP contribution in [-0.2, 0) is 0 Å². The zero-order chi connectivity index (χ0) is 13.7. The molecule has 2 aromatic carbocycles. The van der Waals surface area contributed by atoms with Crippen molar-refractivity contribution in [3.63, 3.8) is 0 Å². The Morgan fingerprint density at radius 2 is 1.42 bits per heavy atom. The molecule has 0 heterocycles. The molecule has 0 aliphatic rings. The van der Waals surface area contributed by atoms with Gasteiger partial charge in [0, 0.05) is 5.56 Å². The molecule has 0 bridgehead atoms. The molecule has 2 aromatic rings. The summed E-state index contributed by atoms with van der Waals surface area (Å²) < 4.78 is 0. The lowest BCUT2D eigenvalue weighted by molar-refractivity contribution is -0.0661. The summed E-state index contributed by atoms with van der Waals surface area (Å²) in [5.74, 6) is -0.345. The molecule has 0 spiro atoms. The number of hydrogen-bond acceptors (Lipinski definition) is 3. The van der Waals surface area contributed by atoms with Gasteiger partial charge < -0.3 is 15.5 Å². The summed E-state index contributed by atoms with van der Waals surface area (Å²) in [7, 11) is 0. The number of amides is 1. The van der Waals surface area contributed by atoms with Gasteiger partial charge in [0.2, 0.25) is 0 Å². The van der Waals surface area contributed by atoms with Gasteiger partial charge in [-0.15, -0.1) is 0 Å². The van der Waals surface area contributed by atoms with E-state index in [2.05, 4.69) is 5.32 Å². The van der Waals surface area contributed by atoms with Crippen molar-refractivity contribution in [1.29, 1.82) is 0 Å². The van der Waals surface area contributed by atoms with Crippen LogP contribution in [0.15, 0.2) is 60.7 Å². The summed E-state index contributed by atoms with van der Waals surface area (Å²) in [4.78, 5) is 12.0. The first-order chi connectivity index (χ1) is 9.18. The monoisotopic (exact) mass is 257 g/mol. The molecule has 0 radical (unpaired) electrons. The Labute approximate surface area is 111 Å². The van der Waals surface area contributed by atoms with Crippen molar-refractivity contribution in [2.24, 2.45) is 0 Å². The molecule has 4 nitrogen and oxygen atoms in total. The van der Waals surface area contributed by atoms with Gasteiger partial charge in [0.25, 0.3) is 5.91 Å². The maximum atomic E-state index is 12.0. The molecule has 2 rings (SSSR count). The molecule has 1 amide bonds. The average Bonchev–Trinajstić information content (AvgIpc) is 2.46. The third-order valence-corrected chi connectivity index (χ3v) is 2.78. The van der Waals surface area contributed by atoms with Crippen LogP contribution in [0.1, 0.15) is 22.0 Å². The largest absolute Gasteiger partial charge is 0.366 e. The molecule has 4 heteroatoms. The fourth-order valence-corrected chi connectivity index (χ4v) is 1.80. The minimum atomic E-state index is -1.66. The molecule has 0 fully saturated rings. The Hall–Kier alpha value is -2.17.